The molecule has 1 heteroatoms. The number of terminal acetylenes is 1. The van der Waals surface area contributed by atoms with Crippen LogP contribution in [0.1, 0.15) is 19.3 Å². The van der Waals surface area contributed by atoms with Gasteiger partial charge in [0.15, 0.2) is 0 Å². The molecule has 0 saturated carbocycles. The molecule has 0 aromatic heterocycles. The first-order valence-electron chi connectivity index (χ1n) is 3.46. The van der Waals surface area contributed by atoms with Crippen LogP contribution >= 0.6 is 0 Å². The second-order valence-corrected chi connectivity index (χ2v) is 2.57. The fraction of sp³-hybridized carbons (Fsp3) is 0.444. The quantitative estimate of drug-likeness (QED) is 0.413. The second-order valence-electron chi connectivity index (χ2n) is 2.57. The molecule has 0 fully saturated rings. The molecule has 0 N–H and O–H groups in total. The van der Waals surface area contributed by atoms with Gasteiger partial charge in [-0.05, 0) is 24.3 Å². The largest absolute Gasteiger partial charge is 0.298 e. The minimum absolute atomic E-state index is 0.463. The Morgan fingerprint density at radius 2 is 2.70 bits per heavy atom. The van der Waals surface area contributed by atoms with E-state index in [1.54, 1.807) is 0 Å². The molecule has 0 aromatic rings. The lowest BCUT2D eigenvalue weighted by molar-refractivity contribution is -0.105. The van der Waals surface area contributed by atoms with Gasteiger partial charge in [0.05, 0.1) is 0 Å². The fourth-order valence-electron chi connectivity index (χ4n) is 1.23. The summed E-state index contributed by atoms with van der Waals surface area (Å²) in [5.74, 6) is 3.06. The monoisotopic (exact) mass is 134 g/mol. The van der Waals surface area contributed by atoms with Gasteiger partial charge in [0.25, 0.3) is 0 Å². The Labute approximate surface area is 61.1 Å². The van der Waals surface area contributed by atoms with Crippen molar-refractivity contribution in [3.8, 4) is 12.3 Å². The Morgan fingerprint density at radius 3 is 3.20 bits per heavy atom. The minimum atomic E-state index is 0.463. The molecule has 52 valence electrons. The lowest BCUT2D eigenvalue weighted by Crippen LogP contribution is -1.86. The number of aldehydes is 1. The van der Waals surface area contributed by atoms with E-state index in [0.29, 0.717) is 5.92 Å². The average molecular weight is 134 g/mol. The number of allylic oxidation sites excluding steroid dienone is 2. The van der Waals surface area contributed by atoms with Crippen LogP contribution in [0.4, 0.5) is 0 Å². The van der Waals surface area contributed by atoms with Crippen LogP contribution in [-0.2, 0) is 4.79 Å². The van der Waals surface area contributed by atoms with Gasteiger partial charge < -0.3 is 0 Å². The Morgan fingerprint density at radius 1 is 1.90 bits per heavy atom. The smallest absolute Gasteiger partial charge is 0.145 e. The van der Waals surface area contributed by atoms with Gasteiger partial charge in [-0.25, -0.2) is 0 Å². The molecule has 0 spiro atoms. The first-order valence-corrected chi connectivity index (χ1v) is 3.46. The summed E-state index contributed by atoms with van der Waals surface area (Å²) in [6, 6.07) is 0. The molecule has 0 bridgehead atoms. The van der Waals surface area contributed by atoms with Crippen LogP contribution < -0.4 is 0 Å². The molecule has 0 aliphatic heterocycles. The van der Waals surface area contributed by atoms with Gasteiger partial charge in [0, 0.05) is 6.42 Å². The normalized spacial score (nSPS) is 23.5. The summed E-state index contributed by atoms with van der Waals surface area (Å²) in [6.45, 7) is 0. The number of hydrogen-bond donors (Lipinski definition) is 0. The van der Waals surface area contributed by atoms with E-state index in [9.17, 15) is 4.79 Å². The van der Waals surface area contributed by atoms with Crippen molar-refractivity contribution in [2.45, 2.75) is 19.3 Å². The molecule has 0 radical (unpaired) electrons. The molecule has 0 heterocycles. The molecule has 1 nitrogen and oxygen atoms in total. The maximum Gasteiger partial charge on any atom is 0.145 e. The van der Waals surface area contributed by atoms with Crippen molar-refractivity contribution in [1.82, 2.24) is 0 Å². The van der Waals surface area contributed by atoms with Crippen LogP contribution in [0.25, 0.3) is 0 Å². The van der Waals surface area contributed by atoms with Gasteiger partial charge in [-0.3, -0.25) is 4.79 Å². The van der Waals surface area contributed by atoms with Crippen LogP contribution in [0.15, 0.2) is 11.6 Å². The van der Waals surface area contributed by atoms with Crippen molar-refractivity contribution in [1.29, 1.82) is 0 Å². The lowest BCUT2D eigenvalue weighted by Gasteiger charge is -1.97. The number of hydrogen-bond acceptors (Lipinski definition) is 1. The topological polar surface area (TPSA) is 17.1 Å². The van der Waals surface area contributed by atoms with Crippen LogP contribution in [0.3, 0.4) is 0 Å². The predicted molar refractivity (Wildman–Crippen MR) is 40.3 cm³/mol. The Balaban J connectivity index is 2.48. The van der Waals surface area contributed by atoms with Crippen molar-refractivity contribution in [2.75, 3.05) is 0 Å². The third-order valence-electron chi connectivity index (χ3n) is 1.78. The highest BCUT2D eigenvalue weighted by atomic mass is 16.1. The zero-order chi connectivity index (χ0) is 7.40. The van der Waals surface area contributed by atoms with Gasteiger partial charge in [0.2, 0.25) is 0 Å². The zero-order valence-electron chi connectivity index (χ0n) is 5.84. The van der Waals surface area contributed by atoms with Gasteiger partial charge in [-0.15, -0.1) is 12.3 Å². The molecule has 1 rings (SSSR count). The van der Waals surface area contributed by atoms with E-state index in [1.165, 1.54) is 0 Å². The summed E-state index contributed by atoms with van der Waals surface area (Å²) in [5.41, 5.74) is 0.917. The first-order chi connectivity index (χ1) is 4.86. The summed E-state index contributed by atoms with van der Waals surface area (Å²) in [5, 5.41) is 0. The van der Waals surface area contributed by atoms with E-state index in [2.05, 4.69) is 5.92 Å². The van der Waals surface area contributed by atoms with E-state index >= 15 is 0 Å². The lowest BCUT2D eigenvalue weighted by atomic mass is 10.1. The van der Waals surface area contributed by atoms with Gasteiger partial charge in [-0.2, -0.15) is 0 Å². The summed E-state index contributed by atoms with van der Waals surface area (Å²) >= 11 is 0. The van der Waals surface area contributed by atoms with Crippen molar-refractivity contribution < 1.29 is 4.79 Å². The number of rotatable bonds is 2. The molecule has 0 amide bonds. The molecular formula is C9H10O. The van der Waals surface area contributed by atoms with Gasteiger partial charge in [0.1, 0.15) is 6.29 Å². The van der Waals surface area contributed by atoms with E-state index in [1.807, 2.05) is 6.08 Å². The van der Waals surface area contributed by atoms with Crippen molar-refractivity contribution in [2.24, 2.45) is 5.92 Å². The minimum Gasteiger partial charge on any atom is -0.298 e. The highest BCUT2D eigenvalue weighted by Crippen LogP contribution is 2.24. The van der Waals surface area contributed by atoms with E-state index in [4.69, 9.17) is 6.42 Å². The van der Waals surface area contributed by atoms with Crippen molar-refractivity contribution in [3.63, 3.8) is 0 Å². The summed E-state index contributed by atoms with van der Waals surface area (Å²) in [4.78, 5) is 10.2. The molecular weight excluding hydrogens is 124 g/mol. The van der Waals surface area contributed by atoms with Crippen LogP contribution in [0.2, 0.25) is 0 Å². The number of carbonyl (C=O) groups is 1. The molecule has 10 heavy (non-hydrogen) atoms. The molecule has 1 aliphatic rings. The molecule has 1 aliphatic carbocycles. The van der Waals surface area contributed by atoms with Crippen molar-refractivity contribution >= 4 is 6.29 Å². The fourth-order valence-corrected chi connectivity index (χ4v) is 1.23. The SMILES string of the molecule is C#CCC1C=C(C=O)CC1. The molecule has 0 saturated heterocycles. The summed E-state index contributed by atoms with van der Waals surface area (Å²) in [7, 11) is 0. The molecule has 1 unspecified atom stereocenters. The molecule has 1 atom stereocenters. The third-order valence-corrected chi connectivity index (χ3v) is 1.78. The second kappa shape index (κ2) is 3.22. The maximum absolute atomic E-state index is 10.2. The first kappa shape index (κ1) is 7.08. The highest BCUT2D eigenvalue weighted by Gasteiger charge is 2.13. The highest BCUT2D eigenvalue weighted by molar-refractivity contribution is 5.73. The predicted octanol–water partition coefficient (Wildman–Crippen LogP) is 1.54. The van der Waals surface area contributed by atoms with Crippen LogP contribution in [0, 0.1) is 18.3 Å². The Hall–Kier alpha value is -1.03. The standard InChI is InChI=1S/C9H10O/c1-2-3-8-4-5-9(6-8)7-10/h1,6-8H,3-5H2. The number of carbonyl (C=O) groups excluding carboxylic acids is 1. The van der Waals surface area contributed by atoms with E-state index in [-0.39, 0.29) is 0 Å². The van der Waals surface area contributed by atoms with Crippen LogP contribution in [0.5, 0.6) is 0 Å². The van der Waals surface area contributed by atoms with Gasteiger partial charge >= 0.3 is 0 Å². The zero-order valence-corrected chi connectivity index (χ0v) is 5.84. The molecule has 0 aromatic carbocycles. The summed E-state index contributed by atoms with van der Waals surface area (Å²) in [6.07, 6.45) is 10.8. The Kier molecular flexibility index (Phi) is 2.28. The third kappa shape index (κ3) is 1.48. The van der Waals surface area contributed by atoms with E-state index in [0.717, 1.165) is 31.1 Å². The van der Waals surface area contributed by atoms with Gasteiger partial charge in [-0.1, -0.05) is 6.08 Å². The van der Waals surface area contributed by atoms with Crippen LogP contribution in [-0.4, -0.2) is 6.29 Å². The maximum atomic E-state index is 10.2. The average Bonchev–Trinajstić information content (AvgIpc) is 2.37. The Bertz CT molecular complexity index is 195. The van der Waals surface area contributed by atoms with E-state index < -0.39 is 0 Å². The summed E-state index contributed by atoms with van der Waals surface area (Å²) < 4.78 is 0. The van der Waals surface area contributed by atoms with Crippen molar-refractivity contribution in [3.05, 3.63) is 11.6 Å².